The second kappa shape index (κ2) is 5.78. The molecule has 126 valence electrons. The van der Waals surface area contributed by atoms with Crippen LogP contribution in [0.3, 0.4) is 0 Å². The van der Waals surface area contributed by atoms with Crippen molar-refractivity contribution >= 4 is 17.0 Å². The van der Waals surface area contributed by atoms with E-state index in [0.717, 1.165) is 0 Å². The van der Waals surface area contributed by atoms with Crippen LogP contribution in [0.2, 0.25) is 0 Å². The van der Waals surface area contributed by atoms with Gasteiger partial charge in [-0.2, -0.15) is 10.1 Å². The highest BCUT2D eigenvalue weighted by molar-refractivity contribution is 5.74. The van der Waals surface area contributed by atoms with Crippen LogP contribution in [0.4, 0.5) is 5.95 Å². The molecule has 2 aromatic heterocycles. The fraction of sp³-hybridized carbons (Fsp3) is 0.389. The molecule has 3 aromatic rings. The second-order valence-corrected chi connectivity index (χ2v) is 7.10. The molecule has 1 atom stereocenters. The molecular weight excluding hydrogens is 302 g/mol. The number of anilines is 1. The zero-order valence-electron chi connectivity index (χ0n) is 14.7. The summed E-state index contributed by atoms with van der Waals surface area (Å²) in [5.74, 6) is 0.453. The minimum atomic E-state index is -0.249. The molecule has 0 spiro atoms. The third kappa shape index (κ3) is 2.91. The van der Waals surface area contributed by atoms with E-state index in [0.29, 0.717) is 17.0 Å². The number of aromatic amines is 1. The topological polar surface area (TPSA) is 75.6 Å². The first-order valence-electron chi connectivity index (χ1n) is 8.08. The van der Waals surface area contributed by atoms with Crippen LogP contribution in [0, 0.1) is 6.92 Å². The maximum atomic E-state index is 12.3. The lowest BCUT2D eigenvalue weighted by Gasteiger charge is -2.20. The third-order valence-corrected chi connectivity index (χ3v) is 4.08. The highest BCUT2D eigenvalue weighted by Gasteiger charge is 2.20. The molecule has 0 amide bonds. The Morgan fingerprint density at radius 1 is 1.25 bits per heavy atom. The Morgan fingerprint density at radius 3 is 2.62 bits per heavy atom. The summed E-state index contributed by atoms with van der Waals surface area (Å²) in [4.78, 5) is 19.7. The van der Waals surface area contributed by atoms with Gasteiger partial charge in [0.15, 0.2) is 5.65 Å². The van der Waals surface area contributed by atoms with E-state index in [-0.39, 0.29) is 17.1 Å². The molecule has 0 saturated heterocycles. The number of hydrogen-bond acceptors (Lipinski definition) is 4. The van der Waals surface area contributed by atoms with Crippen molar-refractivity contribution in [3.05, 3.63) is 51.9 Å². The quantitative estimate of drug-likeness (QED) is 0.774. The number of aryl methyl sites for hydroxylation is 1. The Hall–Kier alpha value is -2.63. The molecule has 0 bridgehead atoms. The van der Waals surface area contributed by atoms with Crippen molar-refractivity contribution < 1.29 is 0 Å². The van der Waals surface area contributed by atoms with E-state index < -0.39 is 0 Å². The maximum absolute atomic E-state index is 12.3. The molecule has 0 saturated carbocycles. The first-order valence-corrected chi connectivity index (χ1v) is 8.08. The Bertz CT molecular complexity index is 932. The van der Waals surface area contributed by atoms with Crippen LogP contribution >= 0.6 is 0 Å². The minimum absolute atomic E-state index is 0.0257. The summed E-state index contributed by atoms with van der Waals surface area (Å²) in [5.41, 5.74) is 2.52. The molecule has 24 heavy (non-hydrogen) atoms. The van der Waals surface area contributed by atoms with E-state index >= 15 is 0 Å². The molecule has 2 N–H and O–H groups in total. The summed E-state index contributed by atoms with van der Waals surface area (Å²) in [6.07, 6.45) is 1.57. The third-order valence-electron chi connectivity index (χ3n) is 4.08. The predicted octanol–water partition coefficient (Wildman–Crippen LogP) is 3.36. The van der Waals surface area contributed by atoms with Crippen LogP contribution in [-0.4, -0.2) is 19.7 Å². The van der Waals surface area contributed by atoms with Crippen LogP contribution in [0.15, 0.2) is 35.3 Å². The average molecular weight is 325 g/mol. The lowest BCUT2D eigenvalue weighted by Crippen LogP contribution is -2.24. The highest BCUT2D eigenvalue weighted by Crippen LogP contribution is 2.22. The number of nitrogens with one attached hydrogen (secondary N) is 2. The number of H-pyrrole nitrogens is 1. The molecule has 1 unspecified atom stereocenters. The number of aromatic nitrogens is 4. The lowest BCUT2D eigenvalue weighted by molar-refractivity contribution is 0.366. The van der Waals surface area contributed by atoms with Gasteiger partial charge in [0.2, 0.25) is 5.95 Å². The van der Waals surface area contributed by atoms with E-state index in [9.17, 15) is 4.79 Å². The van der Waals surface area contributed by atoms with Crippen molar-refractivity contribution in [2.45, 2.75) is 46.2 Å². The molecule has 6 nitrogen and oxygen atoms in total. The van der Waals surface area contributed by atoms with Crippen LogP contribution in [-0.2, 0) is 5.54 Å². The van der Waals surface area contributed by atoms with Crippen molar-refractivity contribution in [2.75, 3.05) is 5.32 Å². The molecule has 6 heteroatoms. The Balaban J connectivity index is 2.01. The molecule has 3 rings (SSSR count). The van der Waals surface area contributed by atoms with E-state index in [4.69, 9.17) is 0 Å². The van der Waals surface area contributed by atoms with Crippen molar-refractivity contribution in [2.24, 2.45) is 0 Å². The van der Waals surface area contributed by atoms with Gasteiger partial charge in [0.25, 0.3) is 5.56 Å². The Morgan fingerprint density at radius 2 is 1.96 bits per heavy atom. The maximum Gasteiger partial charge on any atom is 0.263 e. The zero-order chi connectivity index (χ0) is 17.5. The fourth-order valence-corrected chi connectivity index (χ4v) is 2.83. The molecule has 0 aliphatic heterocycles. The molecular formula is C18H23N5O. The van der Waals surface area contributed by atoms with Crippen molar-refractivity contribution in [1.29, 1.82) is 0 Å². The average Bonchev–Trinajstić information content (AvgIpc) is 2.92. The van der Waals surface area contributed by atoms with Gasteiger partial charge in [-0.05, 0) is 45.7 Å². The lowest BCUT2D eigenvalue weighted by atomic mass is 10.0. The molecule has 0 fully saturated rings. The SMILES string of the molecule is Cc1ccccc1C(C)Nc1nc2c(cnn2C(C)(C)C)c(=O)[nH]1. The van der Waals surface area contributed by atoms with Crippen LogP contribution < -0.4 is 10.9 Å². The fourth-order valence-electron chi connectivity index (χ4n) is 2.83. The molecule has 0 aliphatic carbocycles. The van der Waals surface area contributed by atoms with Crippen molar-refractivity contribution in [3.63, 3.8) is 0 Å². The van der Waals surface area contributed by atoms with Gasteiger partial charge >= 0.3 is 0 Å². The van der Waals surface area contributed by atoms with Gasteiger partial charge in [-0.15, -0.1) is 0 Å². The monoisotopic (exact) mass is 325 g/mol. The van der Waals surface area contributed by atoms with Gasteiger partial charge in [-0.25, -0.2) is 4.68 Å². The normalized spacial score (nSPS) is 13.2. The molecule has 1 aromatic carbocycles. The van der Waals surface area contributed by atoms with E-state index in [2.05, 4.69) is 39.4 Å². The largest absolute Gasteiger partial charge is 0.349 e. The van der Waals surface area contributed by atoms with Crippen LogP contribution in [0.5, 0.6) is 0 Å². The summed E-state index contributed by atoms with van der Waals surface area (Å²) in [6, 6.07) is 8.19. The second-order valence-electron chi connectivity index (χ2n) is 7.10. The van der Waals surface area contributed by atoms with E-state index in [1.807, 2.05) is 39.8 Å². The van der Waals surface area contributed by atoms with Gasteiger partial charge in [0.1, 0.15) is 5.39 Å². The van der Waals surface area contributed by atoms with Crippen molar-refractivity contribution in [3.8, 4) is 0 Å². The smallest absolute Gasteiger partial charge is 0.263 e. The summed E-state index contributed by atoms with van der Waals surface area (Å²) in [6.45, 7) is 10.2. The summed E-state index contributed by atoms with van der Waals surface area (Å²) < 4.78 is 1.78. The van der Waals surface area contributed by atoms with Crippen molar-refractivity contribution in [1.82, 2.24) is 19.7 Å². The summed E-state index contributed by atoms with van der Waals surface area (Å²) >= 11 is 0. The van der Waals surface area contributed by atoms with Gasteiger partial charge < -0.3 is 5.32 Å². The number of benzene rings is 1. The van der Waals surface area contributed by atoms with Crippen LogP contribution in [0.1, 0.15) is 44.9 Å². The standard InChI is InChI=1S/C18H23N5O/c1-11-8-6-7-9-13(11)12(2)20-17-21-15-14(16(24)22-17)10-19-23(15)18(3,4)5/h6-10,12H,1-5H3,(H2,20,21,22,24). The van der Waals surface area contributed by atoms with Gasteiger partial charge in [0.05, 0.1) is 17.8 Å². The number of rotatable bonds is 3. The Kier molecular flexibility index (Phi) is 3.91. The Labute approximate surface area is 140 Å². The van der Waals surface area contributed by atoms with E-state index in [1.54, 1.807) is 10.9 Å². The zero-order valence-corrected chi connectivity index (χ0v) is 14.7. The first-order chi connectivity index (χ1) is 11.3. The van der Waals surface area contributed by atoms with Gasteiger partial charge in [-0.1, -0.05) is 24.3 Å². The number of hydrogen-bond donors (Lipinski definition) is 2. The first kappa shape index (κ1) is 16.2. The molecule has 0 radical (unpaired) electrons. The summed E-state index contributed by atoms with van der Waals surface area (Å²) in [5, 5.41) is 8.12. The van der Waals surface area contributed by atoms with Crippen LogP contribution in [0.25, 0.3) is 11.0 Å². The van der Waals surface area contributed by atoms with Gasteiger partial charge in [-0.3, -0.25) is 9.78 Å². The number of nitrogens with zero attached hydrogens (tertiary/aromatic N) is 3. The van der Waals surface area contributed by atoms with E-state index in [1.165, 1.54) is 11.1 Å². The molecule has 0 aliphatic rings. The minimum Gasteiger partial charge on any atom is -0.349 e. The predicted molar refractivity (Wildman–Crippen MR) is 96.4 cm³/mol. The number of fused-ring (bicyclic) bond motifs is 1. The highest BCUT2D eigenvalue weighted by atomic mass is 16.1. The molecule has 2 heterocycles. The summed E-state index contributed by atoms with van der Waals surface area (Å²) in [7, 11) is 0. The van der Waals surface area contributed by atoms with Gasteiger partial charge in [0, 0.05) is 0 Å².